The van der Waals surface area contributed by atoms with E-state index < -0.39 is 11.5 Å². The number of hydrogen-bond donors (Lipinski definition) is 2. The van der Waals surface area contributed by atoms with Crippen molar-refractivity contribution in [1.82, 2.24) is 4.90 Å². The van der Waals surface area contributed by atoms with Gasteiger partial charge in [-0.2, -0.15) is 0 Å². The number of hydrogen-bond acceptors (Lipinski definition) is 3. The molecule has 1 fully saturated rings. The highest BCUT2D eigenvalue weighted by molar-refractivity contribution is 5.87. The van der Waals surface area contributed by atoms with Crippen LogP contribution >= 0.6 is 0 Å². The molecule has 0 aromatic heterocycles. The largest absolute Gasteiger partial charge is 0.481 e. The minimum absolute atomic E-state index is 0.0321. The quantitative estimate of drug-likeness (QED) is 0.721. The topological polar surface area (TPSA) is 83.6 Å². The first-order chi connectivity index (χ1) is 7.40. The SMILES string of the molecule is CCN(C(=O)C1(N)CCC1)C(C)CC(=O)O. The molecule has 1 aliphatic carbocycles. The number of likely N-dealkylation sites (N-methyl/N-ethyl adjacent to an activating group) is 1. The van der Waals surface area contributed by atoms with Crippen LogP contribution in [0.2, 0.25) is 0 Å². The lowest BCUT2D eigenvalue weighted by molar-refractivity contribution is -0.145. The van der Waals surface area contributed by atoms with Gasteiger partial charge >= 0.3 is 5.97 Å². The van der Waals surface area contributed by atoms with Gasteiger partial charge in [0.2, 0.25) is 5.91 Å². The minimum atomic E-state index is -0.890. The van der Waals surface area contributed by atoms with Crippen molar-refractivity contribution in [3.63, 3.8) is 0 Å². The smallest absolute Gasteiger partial charge is 0.305 e. The van der Waals surface area contributed by atoms with E-state index in [9.17, 15) is 9.59 Å². The molecule has 1 atom stereocenters. The predicted octanol–water partition coefficient (Wildman–Crippen LogP) is 0.579. The first-order valence-corrected chi connectivity index (χ1v) is 5.72. The van der Waals surface area contributed by atoms with Gasteiger partial charge in [-0.3, -0.25) is 9.59 Å². The number of carboxylic acids is 1. The Morgan fingerprint density at radius 1 is 1.50 bits per heavy atom. The van der Waals surface area contributed by atoms with E-state index >= 15 is 0 Å². The van der Waals surface area contributed by atoms with Gasteiger partial charge in [0.15, 0.2) is 0 Å². The average Bonchev–Trinajstić information content (AvgIpc) is 2.13. The van der Waals surface area contributed by atoms with Gasteiger partial charge < -0.3 is 15.7 Å². The number of nitrogens with two attached hydrogens (primary N) is 1. The molecule has 1 rings (SSSR count). The summed E-state index contributed by atoms with van der Waals surface area (Å²) in [6.45, 7) is 4.10. The first kappa shape index (κ1) is 13.0. The Bertz CT molecular complexity index is 287. The third-order valence-electron chi connectivity index (χ3n) is 3.28. The minimum Gasteiger partial charge on any atom is -0.481 e. The number of carbonyl (C=O) groups excluding carboxylic acids is 1. The summed E-state index contributed by atoms with van der Waals surface area (Å²) in [6, 6.07) is -0.295. The molecule has 0 saturated heterocycles. The molecular weight excluding hydrogens is 208 g/mol. The molecule has 0 aliphatic heterocycles. The lowest BCUT2D eigenvalue weighted by Gasteiger charge is -2.42. The van der Waals surface area contributed by atoms with E-state index in [1.165, 1.54) is 0 Å². The van der Waals surface area contributed by atoms with Crippen molar-refractivity contribution in [2.24, 2.45) is 5.73 Å². The van der Waals surface area contributed by atoms with Gasteiger partial charge in [-0.05, 0) is 33.1 Å². The van der Waals surface area contributed by atoms with Gasteiger partial charge in [0.25, 0.3) is 0 Å². The second-order valence-corrected chi connectivity index (χ2v) is 4.55. The fourth-order valence-corrected chi connectivity index (χ4v) is 2.08. The van der Waals surface area contributed by atoms with Crippen LogP contribution in [0, 0.1) is 0 Å². The summed E-state index contributed by atoms with van der Waals surface area (Å²) in [7, 11) is 0. The lowest BCUT2D eigenvalue weighted by atomic mass is 9.76. The molecular formula is C11H20N2O3. The molecule has 0 radical (unpaired) electrons. The van der Waals surface area contributed by atoms with Gasteiger partial charge in [-0.1, -0.05) is 0 Å². The number of nitrogens with zero attached hydrogens (tertiary/aromatic N) is 1. The molecule has 0 aromatic rings. The van der Waals surface area contributed by atoms with Gasteiger partial charge in [0.1, 0.15) is 0 Å². The molecule has 92 valence electrons. The maximum Gasteiger partial charge on any atom is 0.305 e. The summed E-state index contributed by atoms with van der Waals surface area (Å²) >= 11 is 0. The van der Waals surface area contributed by atoms with Gasteiger partial charge in [0.05, 0.1) is 12.0 Å². The molecule has 5 nitrogen and oxygen atoms in total. The van der Waals surface area contributed by atoms with E-state index in [-0.39, 0.29) is 18.4 Å². The van der Waals surface area contributed by atoms with Crippen molar-refractivity contribution in [3.05, 3.63) is 0 Å². The van der Waals surface area contributed by atoms with Crippen LogP contribution in [0.1, 0.15) is 39.5 Å². The number of carboxylic acid groups (broad SMARTS) is 1. The predicted molar refractivity (Wildman–Crippen MR) is 59.9 cm³/mol. The Kier molecular flexibility index (Phi) is 3.91. The van der Waals surface area contributed by atoms with Crippen LogP contribution in [-0.2, 0) is 9.59 Å². The summed E-state index contributed by atoms with van der Waals surface area (Å²) in [5.74, 6) is -0.992. The zero-order valence-corrected chi connectivity index (χ0v) is 9.90. The molecule has 1 aliphatic rings. The Labute approximate surface area is 95.6 Å². The fourth-order valence-electron chi connectivity index (χ4n) is 2.08. The molecule has 1 amide bonds. The Balaban J connectivity index is 2.66. The van der Waals surface area contributed by atoms with E-state index in [1.807, 2.05) is 6.92 Å². The average molecular weight is 228 g/mol. The first-order valence-electron chi connectivity index (χ1n) is 5.72. The molecule has 1 saturated carbocycles. The number of rotatable bonds is 5. The summed E-state index contributed by atoms with van der Waals surface area (Å²) in [5.41, 5.74) is 5.22. The third kappa shape index (κ3) is 2.52. The second kappa shape index (κ2) is 4.82. The van der Waals surface area contributed by atoms with Crippen molar-refractivity contribution in [1.29, 1.82) is 0 Å². The van der Waals surface area contributed by atoms with E-state index in [4.69, 9.17) is 10.8 Å². The summed E-state index contributed by atoms with van der Waals surface area (Å²) < 4.78 is 0. The normalized spacial score (nSPS) is 19.7. The zero-order valence-electron chi connectivity index (χ0n) is 9.90. The summed E-state index contributed by atoms with van der Waals surface area (Å²) in [5, 5.41) is 8.71. The Hall–Kier alpha value is -1.10. The van der Waals surface area contributed by atoms with Gasteiger partial charge in [-0.15, -0.1) is 0 Å². The molecule has 0 aromatic carbocycles. The molecule has 16 heavy (non-hydrogen) atoms. The number of amides is 1. The number of carbonyl (C=O) groups is 2. The highest BCUT2D eigenvalue weighted by atomic mass is 16.4. The van der Waals surface area contributed by atoms with Gasteiger partial charge in [-0.25, -0.2) is 0 Å². The van der Waals surface area contributed by atoms with E-state index in [0.717, 1.165) is 6.42 Å². The maximum absolute atomic E-state index is 12.1. The summed E-state index contributed by atoms with van der Waals surface area (Å²) in [4.78, 5) is 24.3. The fraction of sp³-hybridized carbons (Fsp3) is 0.818. The number of aliphatic carboxylic acids is 1. The maximum atomic E-state index is 12.1. The molecule has 0 bridgehead atoms. The van der Waals surface area contributed by atoms with Crippen LogP contribution in [0.4, 0.5) is 0 Å². The molecule has 5 heteroatoms. The van der Waals surface area contributed by atoms with Crippen LogP contribution in [0.25, 0.3) is 0 Å². The molecule has 1 unspecified atom stereocenters. The van der Waals surface area contributed by atoms with E-state index in [0.29, 0.717) is 19.4 Å². The van der Waals surface area contributed by atoms with Crippen LogP contribution in [0.15, 0.2) is 0 Å². The lowest BCUT2D eigenvalue weighted by Crippen LogP contribution is -2.61. The van der Waals surface area contributed by atoms with Crippen LogP contribution in [-0.4, -0.2) is 40.0 Å². The van der Waals surface area contributed by atoms with Crippen LogP contribution < -0.4 is 5.73 Å². The van der Waals surface area contributed by atoms with Crippen molar-refractivity contribution >= 4 is 11.9 Å². The standard InChI is InChI=1S/C11H20N2O3/c1-3-13(8(2)7-9(14)15)10(16)11(12)5-4-6-11/h8H,3-7,12H2,1-2H3,(H,14,15). The second-order valence-electron chi connectivity index (χ2n) is 4.55. The highest BCUT2D eigenvalue weighted by Crippen LogP contribution is 2.31. The van der Waals surface area contributed by atoms with Crippen molar-refractivity contribution in [2.45, 2.75) is 51.1 Å². The van der Waals surface area contributed by atoms with Crippen LogP contribution in [0.3, 0.4) is 0 Å². The van der Waals surface area contributed by atoms with E-state index in [2.05, 4.69) is 0 Å². The van der Waals surface area contributed by atoms with Crippen molar-refractivity contribution < 1.29 is 14.7 Å². The van der Waals surface area contributed by atoms with E-state index in [1.54, 1.807) is 11.8 Å². The third-order valence-corrected chi connectivity index (χ3v) is 3.28. The van der Waals surface area contributed by atoms with Crippen LogP contribution in [0.5, 0.6) is 0 Å². The summed E-state index contributed by atoms with van der Waals surface area (Å²) in [6.07, 6.45) is 2.37. The Morgan fingerprint density at radius 3 is 2.38 bits per heavy atom. The van der Waals surface area contributed by atoms with Gasteiger partial charge in [0, 0.05) is 12.6 Å². The monoisotopic (exact) mass is 228 g/mol. The Morgan fingerprint density at radius 2 is 2.06 bits per heavy atom. The molecule has 0 heterocycles. The molecule has 3 N–H and O–H groups in total. The van der Waals surface area contributed by atoms with Crippen molar-refractivity contribution in [2.75, 3.05) is 6.54 Å². The zero-order chi connectivity index (χ0) is 12.3. The van der Waals surface area contributed by atoms with Crippen molar-refractivity contribution in [3.8, 4) is 0 Å². The highest BCUT2D eigenvalue weighted by Gasteiger charge is 2.43. The molecule has 0 spiro atoms.